The molecule has 10 heteroatoms. The molecule has 41 heavy (non-hydrogen) atoms. The number of nitriles is 1. The molecule has 2 saturated carbocycles. The van der Waals surface area contributed by atoms with Crippen molar-refractivity contribution >= 4 is 29.1 Å². The molecule has 3 aromatic carbocycles. The number of hydrogen-bond acceptors (Lipinski definition) is 5. The van der Waals surface area contributed by atoms with Gasteiger partial charge in [0, 0.05) is 41.0 Å². The van der Waals surface area contributed by atoms with Crippen LogP contribution >= 0.6 is 0 Å². The summed E-state index contributed by atoms with van der Waals surface area (Å²) in [6, 6.07) is 13.8. The molecule has 3 aromatic rings. The lowest BCUT2D eigenvalue weighted by Crippen LogP contribution is -2.67. The van der Waals surface area contributed by atoms with Crippen LogP contribution in [0, 0.1) is 28.9 Å². The standard InChI is InChI=1S/C31H29F2N5O3/c1-17-16-38(28-10-19-8-9-31(28,14-19)37-17)27-13-25(33)24(23-11-20(32)4-7-22(23)29(39)40)12-26(27)36-30(41)35-21-5-2-18(15-34)3-6-21/h2-7,11-13,17,19,28,37H,8-10,14,16H2,1H3,(H,39,40)(H2,35,36,41)/t17?,19-,28?,31+/m1/s1. The number of anilines is 3. The molecule has 2 bridgehead atoms. The van der Waals surface area contributed by atoms with Gasteiger partial charge in [-0.3, -0.25) is 0 Å². The van der Waals surface area contributed by atoms with E-state index in [9.17, 15) is 19.1 Å². The molecular weight excluding hydrogens is 528 g/mol. The van der Waals surface area contributed by atoms with Crippen molar-refractivity contribution in [2.24, 2.45) is 5.92 Å². The van der Waals surface area contributed by atoms with Crippen LogP contribution in [0.4, 0.5) is 30.6 Å². The molecule has 8 nitrogen and oxygen atoms in total. The third kappa shape index (κ3) is 4.87. The summed E-state index contributed by atoms with van der Waals surface area (Å²) in [5.41, 5.74) is 1.06. The number of piperazine rings is 1. The molecule has 6 rings (SSSR count). The Bertz CT molecular complexity index is 1590. The number of carbonyl (C=O) groups is 2. The van der Waals surface area contributed by atoms with Gasteiger partial charge in [-0.1, -0.05) is 0 Å². The Kier molecular flexibility index (Phi) is 6.62. The predicted molar refractivity (Wildman–Crippen MR) is 151 cm³/mol. The van der Waals surface area contributed by atoms with Crippen LogP contribution in [-0.4, -0.2) is 41.3 Å². The van der Waals surface area contributed by atoms with E-state index in [0.717, 1.165) is 43.9 Å². The van der Waals surface area contributed by atoms with Gasteiger partial charge in [0.1, 0.15) is 11.6 Å². The maximum atomic E-state index is 15.9. The fourth-order valence-corrected chi connectivity index (χ4v) is 7.05. The molecule has 4 N–H and O–H groups in total. The largest absolute Gasteiger partial charge is 0.478 e. The Morgan fingerprint density at radius 2 is 1.88 bits per heavy atom. The molecule has 2 unspecified atom stereocenters. The van der Waals surface area contributed by atoms with Crippen molar-refractivity contribution in [3.63, 3.8) is 0 Å². The lowest BCUT2D eigenvalue weighted by molar-refractivity contribution is 0.0697. The first-order valence-corrected chi connectivity index (χ1v) is 13.6. The van der Waals surface area contributed by atoms with Crippen LogP contribution < -0.4 is 20.9 Å². The third-order valence-corrected chi connectivity index (χ3v) is 8.64. The number of amides is 2. The van der Waals surface area contributed by atoms with E-state index in [1.807, 2.05) is 6.07 Å². The number of rotatable bonds is 5. The van der Waals surface area contributed by atoms with E-state index >= 15 is 4.39 Å². The lowest BCUT2D eigenvalue weighted by atomic mass is 9.83. The summed E-state index contributed by atoms with van der Waals surface area (Å²) in [5, 5.41) is 28.1. The van der Waals surface area contributed by atoms with Gasteiger partial charge in [-0.05, 0) is 93.1 Å². The summed E-state index contributed by atoms with van der Waals surface area (Å²) < 4.78 is 30.2. The fraction of sp³-hybridized carbons (Fsp3) is 0.323. The average Bonchev–Trinajstić information content (AvgIpc) is 3.51. The van der Waals surface area contributed by atoms with Crippen LogP contribution in [-0.2, 0) is 0 Å². The number of nitrogens with zero attached hydrogens (tertiary/aromatic N) is 2. The van der Waals surface area contributed by atoms with Crippen LogP contribution in [0.2, 0.25) is 0 Å². The van der Waals surface area contributed by atoms with Crippen molar-refractivity contribution in [3.05, 3.63) is 77.4 Å². The van der Waals surface area contributed by atoms with E-state index in [1.165, 1.54) is 12.1 Å². The second-order valence-electron chi connectivity index (χ2n) is 11.3. The number of hydrogen-bond donors (Lipinski definition) is 4. The van der Waals surface area contributed by atoms with Gasteiger partial charge in [0.25, 0.3) is 0 Å². The number of aromatic carboxylic acids is 1. The molecule has 4 atom stereocenters. The Balaban J connectivity index is 1.43. The monoisotopic (exact) mass is 557 g/mol. The van der Waals surface area contributed by atoms with Gasteiger partial charge in [-0.2, -0.15) is 5.26 Å². The van der Waals surface area contributed by atoms with E-state index in [0.29, 0.717) is 29.4 Å². The zero-order valence-electron chi connectivity index (χ0n) is 22.4. The highest BCUT2D eigenvalue weighted by Crippen LogP contribution is 2.53. The smallest absolute Gasteiger partial charge is 0.336 e. The second-order valence-corrected chi connectivity index (χ2v) is 11.3. The molecule has 1 spiro atoms. The molecule has 1 saturated heterocycles. The summed E-state index contributed by atoms with van der Waals surface area (Å²) in [4.78, 5) is 27.3. The number of carbonyl (C=O) groups excluding carboxylic acids is 1. The van der Waals surface area contributed by atoms with Crippen molar-refractivity contribution in [3.8, 4) is 17.2 Å². The lowest BCUT2D eigenvalue weighted by Gasteiger charge is -2.51. The summed E-state index contributed by atoms with van der Waals surface area (Å²) >= 11 is 0. The first kappa shape index (κ1) is 26.7. The van der Waals surface area contributed by atoms with Crippen molar-refractivity contribution in [2.45, 2.75) is 50.2 Å². The van der Waals surface area contributed by atoms with Gasteiger partial charge < -0.3 is 26.0 Å². The van der Waals surface area contributed by atoms with Gasteiger partial charge >= 0.3 is 12.0 Å². The van der Waals surface area contributed by atoms with E-state index in [-0.39, 0.29) is 40.0 Å². The number of benzene rings is 3. The Morgan fingerprint density at radius 1 is 1.10 bits per heavy atom. The normalized spacial score (nSPS) is 24.4. The molecule has 0 radical (unpaired) electrons. The fourth-order valence-electron chi connectivity index (χ4n) is 7.05. The predicted octanol–water partition coefficient (Wildman–Crippen LogP) is 5.95. The highest BCUT2D eigenvalue weighted by atomic mass is 19.1. The number of urea groups is 1. The highest BCUT2D eigenvalue weighted by Gasteiger charge is 2.56. The topological polar surface area (TPSA) is 117 Å². The highest BCUT2D eigenvalue weighted by molar-refractivity contribution is 6.03. The summed E-state index contributed by atoms with van der Waals surface area (Å²) in [5.74, 6) is -2.17. The average molecular weight is 558 g/mol. The Labute approximate surface area is 236 Å². The summed E-state index contributed by atoms with van der Waals surface area (Å²) in [6.45, 7) is 2.68. The van der Waals surface area contributed by atoms with Crippen molar-refractivity contribution in [2.75, 3.05) is 22.1 Å². The van der Waals surface area contributed by atoms with Crippen LogP contribution in [0.15, 0.2) is 54.6 Å². The van der Waals surface area contributed by atoms with Gasteiger partial charge in [-0.15, -0.1) is 0 Å². The first-order valence-electron chi connectivity index (χ1n) is 13.6. The Hall–Kier alpha value is -4.49. The molecule has 1 aliphatic heterocycles. The molecule has 2 aliphatic carbocycles. The second kappa shape index (κ2) is 10.2. The van der Waals surface area contributed by atoms with Crippen LogP contribution in [0.3, 0.4) is 0 Å². The van der Waals surface area contributed by atoms with Crippen molar-refractivity contribution in [1.29, 1.82) is 5.26 Å². The number of halogens is 2. The molecule has 1 heterocycles. The molecule has 2 amide bonds. The molecule has 210 valence electrons. The van der Waals surface area contributed by atoms with E-state index in [4.69, 9.17) is 5.26 Å². The van der Waals surface area contributed by atoms with Crippen LogP contribution in [0.25, 0.3) is 11.1 Å². The molecule has 3 aliphatic rings. The third-order valence-electron chi connectivity index (χ3n) is 8.64. The van der Waals surface area contributed by atoms with E-state index in [2.05, 4.69) is 27.8 Å². The zero-order valence-corrected chi connectivity index (χ0v) is 22.4. The number of carboxylic acid groups (broad SMARTS) is 1. The minimum atomic E-state index is -1.32. The molecular formula is C31H29F2N5O3. The number of carboxylic acids is 1. The minimum Gasteiger partial charge on any atom is -0.478 e. The quantitative estimate of drug-likeness (QED) is 0.308. The van der Waals surface area contributed by atoms with Gasteiger partial charge in [0.05, 0.1) is 28.6 Å². The summed E-state index contributed by atoms with van der Waals surface area (Å²) in [7, 11) is 0. The van der Waals surface area contributed by atoms with Crippen molar-refractivity contribution in [1.82, 2.24) is 5.32 Å². The minimum absolute atomic E-state index is 0.0848. The number of fused-ring (bicyclic) bond motifs is 1. The van der Waals surface area contributed by atoms with Crippen molar-refractivity contribution < 1.29 is 23.5 Å². The zero-order chi connectivity index (χ0) is 28.9. The maximum absolute atomic E-state index is 15.9. The summed E-state index contributed by atoms with van der Waals surface area (Å²) in [6.07, 6.45) is 4.17. The van der Waals surface area contributed by atoms with E-state index in [1.54, 1.807) is 24.3 Å². The van der Waals surface area contributed by atoms with Gasteiger partial charge in [0.2, 0.25) is 0 Å². The molecule has 3 fully saturated rings. The Morgan fingerprint density at radius 3 is 2.59 bits per heavy atom. The van der Waals surface area contributed by atoms with Crippen LogP contribution in [0.1, 0.15) is 48.5 Å². The maximum Gasteiger partial charge on any atom is 0.336 e. The van der Waals surface area contributed by atoms with Crippen LogP contribution in [0.5, 0.6) is 0 Å². The number of nitrogens with one attached hydrogen (secondary N) is 3. The van der Waals surface area contributed by atoms with Gasteiger partial charge in [-0.25, -0.2) is 18.4 Å². The van der Waals surface area contributed by atoms with E-state index < -0.39 is 23.6 Å². The SMILES string of the molecule is CC1CN(c2cc(F)c(-c3cc(F)ccc3C(=O)O)cc2NC(=O)Nc2ccc(C#N)cc2)C2C[C@H]3CC[C@@]2(C3)N1. The molecule has 0 aromatic heterocycles. The first-order chi connectivity index (χ1) is 19.7. The van der Waals surface area contributed by atoms with Gasteiger partial charge in [0.15, 0.2) is 0 Å².